The minimum absolute atomic E-state index is 0.837. The van der Waals surface area contributed by atoms with Gasteiger partial charge in [-0.25, -0.2) is 0 Å². The van der Waals surface area contributed by atoms with Crippen LogP contribution in [-0.2, 0) is 4.57 Å². The highest BCUT2D eigenvalue weighted by atomic mass is 31.2. The zero-order valence-corrected chi connectivity index (χ0v) is 18.9. The number of aromatic nitrogens is 1. The lowest BCUT2D eigenvalue weighted by atomic mass is 10.2. The fraction of sp³-hybridized carbons (Fsp3) is 0. The molecule has 1 heterocycles. The molecule has 0 amide bonds. The van der Waals surface area contributed by atoms with Crippen LogP contribution in [0.25, 0.3) is 27.5 Å². The molecule has 33 heavy (non-hydrogen) atoms. The molecular formula is C30H22NOP. The van der Waals surface area contributed by atoms with E-state index in [0.717, 1.165) is 21.6 Å². The van der Waals surface area contributed by atoms with Crippen molar-refractivity contribution in [2.75, 3.05) is 0 Å². The number of hydrogen-bond acceptors (Lipinski definition) is 1. The molecule has 0 saturated carbocycles. The van der Waals surface area contributed by atoms with Gasteiger partial charge in [0.25, 0.3) is 0 Å². The van der Waals surface area contributed by atoms with Crippen molar-refractivity contribution in [3.63, 3.8) is 0 Å². The molecule has 6 aromatic rings. The van der Waals surface area contributed by atoms with Gasteiger partial charge in [0.1, 0.15) is 0 Å². The van der Waals surface area contributed by atoms with Crippen molar-refractivity contribution in [1.82, 2.24) is 4.57 Å². The van der Waals surface area contributed by atoms with E-state index in [2.05, 4.69) is 65.2 Å². The Morgan fingerprint density at radius 2 is 0.818 bits per heavy atom. The minimum atomic E-state index is -2.98. The van der Waals surface area contributed by atoms with Crippen molar-refractivity contribution in [1.29, 1.82) is 0 Å². The Hall–Kier alpha value is -3.87. The summed E-state index contributed by atoms with van der Waals surface area (Å²) in [6, 6.07) is 44.8. The summed E-state index contributed by atoms with van der Waals surface area (Å²) in [5.41, 5.74) is 3.39. The monoisotopic (exact) mass is 443 g/mol. The van der Waals surface area contributed by atoms with Crippen LogP contribution in [0.3, 0.4) is 0 Å². The average molecular weight is 443 g/mol. The molecular weight excluding hydrogens is 421 g/mol. The van der Waals surface area contributed by atoms with Gasteiger partial charge < -0.3 is 9.13 Å². The fourth-order valence-electron chi connectivity index (χ4n) is 4.74. The molecule has 5 aromatic carbocycles. The summed E-state index contributed by atoms with van der Waals surface area (Å²) in [5.74, 6) is 0. The number of benzene rings is 5. The van der Waals surface area contributed by atoms with Crippen LogP contribution < -0.4 is 15.9 Å². The topological polar surface area (TPSA) is 22.0 Å². The Morgan fingerprint density at radius 3 is 1.30 bits per heavy atom. The lowest BCUT2D eigenvalue weighted by Gasteiger charge is -2.20. The van der Waals surface area contributed by atoms with E-state index in [1.54, 1.807) is 0 Å². The van der Waals surface area contributed by atoms with Crippen LogP contribution in [-0.4, -0.2) is 4.57 Å². The van der Waals surface area contributed by atoms with Gasteiger partial charge >= 0.3 is 0 Å². The molecule has 0 spiro atoms. The molecule has 0 aliphatic heterocycles. The van der Waals surface area contributed by atoms with E-state index in [9.17, 15) is 4.57 Å². The van der Waals surface area contributed by atoms with Crippen LogP contribution in [0.4, 0.5) is 0 Å². The maximum atomic E-state index is 14.6. The van der Waals surface area contributed by atoms with Gasteiger partial charge in [0.05, 0.1) is 11.0 Å². The van der Waals surface area contributed by atoms with Crippen LogP contribution in [0.2, 0.25) is 0 Å². The standard InChI is InChI=1S/C30H22NOP/c32-33(24-11-3-1-4-12-24,25-13-5-2-6-14-25)26-21-19-23(20-22-26)31-29-17-9-7-15-27(29)28-16-8-10-18-30(28)31/h1-22H. The highest BCUT2D eigenvalue weighted by Crippen LogP contribution is 2.42. The molecule has 0 radical (unpaired) electrons. The lowest BCUT2D eigenvalue weighted by molar-refractivity contribution is 0.592. The van der Waals surface area contributed by atoms with Gasteiger partial charge in [0.2, 0.25) is 0 Å². The molecule has 0 fully saturated rings. The SMILES string of the molecule is O=P(c1ccccc1)(c1ccccc1)c1ccc(-n2c3ccccc3c3ccccc32)cc1. The highest BCUT2D eigenvalue weighted by Gasteiger charge is 2.29. The molecule has 158 valence electrons. The smallest absolute Gasteiger partial charge is 0.171 e. The number of hydrogen-bond donors (Lipinski definition) is 0. The quantitative estimate of drug-likeness (QED) is 0.288. The summed E-state index contributed by atoms with van der Waals surface area (Å²) >= 11 is 0. The second kappa shape index (κ2) is 7.92. The van der Waals surface area contributed by atoms with Gasteiger partial charge in [0.15, 0.2) is 7.14 Å². The number of fused-ring (bicyclic) bond motifs is 3. The highest BCUT2D eigenvalue weighted by molar-refractivity contribution is 7.85. The second-order valence-electron chi connectivity index (χ2n) is 8.17. The van der Waals surface area contributed by atoms with Crippen molar-refractivity contribution >= 4 is 44.9 Å². The van der Waals surface area contributed by atoms with E-state index in [4.69, 9.17) is 0 Å². The summed E-state index contributed by atoms with van der Waals surface area (Å²) in [6.07, 6.45) is 0. The van der Waals surface area contributed by atoms with Crippen molar-refractivity contribution in [3.05, 3.63) is 133 Å². The summed E-state index contributed by atoms with van der Waals surface area (Å²) in [5, 5.41) is 5.00. The molecule has 2 nitrogen and oxygen atoms in total. The molecule has 0 aliphatic carbocycles. The molecule has 0 N–H and O–H groups in total. The summed E-state index contributed by atoms with van der Waals surface area (Å²) in [6.45, 7) is 0. The molecule has 0 atom stereocenters. The zero-order valence-electron chi connectivity index (χ0n) is 18.0. The number of rotatable bonds is 4. The van der Waals surface area contributed by atoms with Crippen LogP contribution in [0.1, 0.15) is 0 Å². The van der Waals surface area contributed by atoms with Gasteiger partial charge in [-0.15, -0.1) is 0 Å². The minimum Gasteiger partial charge on any atom is -0.309 e. The molecule has 0 aliphatic rings. The maximum Gasteiger partial charge on any atom is 0.171 e. The third-order valence-corrected chi connectivity index (χ3v) is 9.37. The Balaban J connectivity index is 1.55. The van der Waals surface area contributed by atoms with E-state index < -0.39 is 7.14 Å². The maximum absolute atomic E-state index is 14.6. The van der Waals surface area contributed by atoms with Crippen LogP contribution >= 0.6 is 7.14 Å². The zero-order chi connectivity index (χ0) is 22.3. The van der Waals surface area contributed by atoms with Crippen LogP contribution in [0.5, 0.6) is 0 Å². The van der Waals surface area contributed by atoms with Crippen LogP contribution in [0, 0.1) is 0 Å². The Bertz CT molecular complexity index is 1520. The van der Waals surface area contributed by atoms with Gasteiger partial charge in [-0.1, -0.05) is 97.1 Å². The first-order chi connectivity index (χ1) is 16.3. The molecule has 1 aromatic heterocycles. The molecule has 3 heteroatoms. The van der Waals surface area contributed by atoms with Crippen molar-refractivity contribution in [3.8, 4) is 5.69 Å². The predicted octanol–water partition coefficient (Wildman–Crippen LogP) is 6.42. The summed E-state index contributed by atoms with van der Waals surface area (Å²) in [7, 11) is -2.98. The van der Waals surface area contributed by atoms with E-state index in [1.165, 1.54) is 21.8 Å². The van der Waals surface area contributed by atoms with Crippen molar-refractivity contribution in [2.24, 2.45) is 0 Å². The van der Waals surface area contributed by atoms with Crippen molar-refractivity contribution < 1.29 is 4.57 Å². The first-order valence-corrected chi connectivity index (χ1v) is 12.8. The first kappa shape index (κ1) is 19.8. The third kappa shape index (κ3) is 3.15. The summed E-state index contributed by atoms with van der Waals surface area (Å²) < 4.78 is 16.9. The Kier molecular flexibility index (Phi) is 4.75. The molecule has 6 rings (SSSR count). The van der Waals surface area contributed by atoms with Gasteiger partial charge in [0, 0.05) is 32.4 Å². The normalized spacial score (nSPS) is 11.8. The van der Waals surface area contributed by atoms with E-state index in [0.29, 0.717) is 0 Å². The largest absolute Gasteiger partial charge is 0.309 e. The second-order valence-corrected chi connectivity index (χ2v) is 10.9. The predicted molar refractivity (Wildman–Crippen MR) is 140 cm³/mol. The van der Waals surface area contributed by atoms with E-state index in [1.807, 2.05) is 72.8 Å². The van der Waals surface area contributed by atoms with E-state index in [-0.39, 0.29) is 0 Å². The Morgan fingerprint density at radius 1 is 0.424 bits per heavy atom. The molecule has 0 unspecified atom stereocenters. The van der Waals surface area contributed by atoms with E-state index >= 15 is 0 Å². The number of nitrogens with zero attached hydrogens (tertiary/aromatic N) is 1. The number of para-hydroxylation sites is 2. The fourth-order valence-corrected chi connectivity index (χ4v) is 7.38. The summed E-state index contributed by atoms with van der Waals surface area (Å²) in [4.78, 5) is 0. The lowest BCUT2D eigenvalue weighted by Crippen LogP contribution is -2.24. The van der Waals surface area contributed by atoms with Gasteiger partial charge in [-0.3, -0.25) is 0 Å². The molecule has 0 saturated heterocycles. The molecule has 0 bridgehead atoms. The Labute approximate surface area is 193 Å². The van der Waals surface area contributed by atoms with Gasteiger partial charge in [-0.2, -0.15) is 0 Å². The first-order valence-electron chi connectivity index (χ1n) is 11.1. The van der Waals surface area contributed by atoms with Crippen molar-refractivity contribution in [2.45, 2.75) is 0 Å². The van der Waals surface area contributed by atoms with Gasteiger partial charge in [-0.05, 0) is 36.4 Å². The average Bonchev–Trinajstić information content (AvgIpc) is 3.24. The van der Waals surface area contributed by atoms with Crippen LogP contribution in [0.15, 0.2) is 133 Å². The third-order valence-electron chi connectivity index (χ3n) is 6.29.